The second-order valence-corrected chi connectivity index (χ2v) is 5.00. The minimum absolute atomic E-state index is 0.0211. The zero-order valence-electron chi connectivity index (χ0n) is 11.3. The molecule has 0 amide bonds. The molecule has 0 bridgehead atoms. The summed E-state index contributed by atoms with van der Waals surface area (Å²) in [6.45, 7) is 2.87. The van der Waals surface area contributed by atoms with Crippen LogP contribution in [0.4, 0.5) is 8.78 Å². The Morgan fingerprint density at radius 1 is 1.11 bits per heavy atom. The molecule has 0 aliphatic heterocycles. The van der Waals surface area contributed by atoms with Gasteiger partial charge in [-0.15, -0.1) is 0 Å². The summed E-state index contributed by atoms with van der Waals surface area (Å²) in [5.41, 5.74) is 0. The number of unbranched alkanes of at least 4 members (excludes halogenated alkanes) is 1. The van der Waals surface area contributed by atoms with Gasteiger partial charge in [0.1, 0.15) is 0 Å². The molecule has 1 aliphatic carbocycles. The van der Waals surface area contributed by atoms with Crippen molar-refractivity contribution < 1.29 is 18.3 Å². The van der Waals surface area contributed by atoms with Gasteiger partial charge in [0.05, 0.1) is 13.2 Å². The van der Waals surface area contributed by atoms with Crippen molar-refractivity contribution in [2.24, 2.45) is 5.92 Å². The van der Waals surface area contributed by atoms with Gasteiger partial charge in [-0.3, -0.25) is 0 Å². The van der Waals surface area contributed by atoms with Gasteiger partial charge < -0.3 is 9.47 Å². The van der Waals surface area contributed by atoms with Crippen molar-refractivity contribution in [2.45, 2.75) is 39.0 Å². The summed E-state index contributed by atoms with van der Waals surface area (Å²) in [6.07, 6.45) is 5.20. The van der Waals surface area contributed by atoms with Gasteiger partial charge in [0, 0.05) is 0 Å². The minimum Gasteiger partial charge on any atom is -0.490 e. The van der Waals surface area contributed by atoms with Crippen LogP contribution in [-0.4, -0.2) is 13.2 Å². The van der Waals surface area contributed by atoms with Gasteiger partial charge in [-0.25, -0.2) is 0 Å². The van der Waals surface area contributed by atoms with E-state index in [4.69, 9.17) is 9.47 Å². The Morgan fingerprint density at radius 2 is 1.74 bits per heavy atom. The first-order valence-corrected chi connectivity index (χ1v) is 6.96. The smallest absolute Gasteiger partial charge is 0.204 e. The average Bonchev–Trinajstić information content (AvgIpc) is 2.35. The van der Waals surface area contributed by atoms with Crippen LogP contribution in [0.1, 0.15) is 39.0 Å². The van der Waals surface area contributed by atoms with E-state index < -0.39 is 11.6 Å². The lowest BCUT2D eigenvalue weighted by Gasteiger charge is -2.25. The van der Waals surface area contributed by atoms with Gasteiger partial charge in [0.15, 0.2) is 11.5 Å². The van der Waals surface area contributed by atoms with Crippen molar-refractivity contribution in [3.8, 4) is 11.5 Å². The summed E-state index contributed by atoms with van der Waals surface area (Å²) in [5, 5.41) is 0. The molecular weight excluding hydrogens is 250 g/mol. The number of halogens is 2. The fourth-order valence-corrected chi connectivity index (χ4v) is 1.93. The van der Waals surface area contributed by atoms with Gasteiger partial charge in [0.25, 0.3) is 0 Å². The first kappa shape index (κ1) is 14.1. The summed E-state index contributed by atoms with van der Waals surface area (Å²) in [5.74, 6) is -1.48. The zero-order chi connectivity index (χ0) is 13.7. The molecule has 2 nitrogen and oxygen atoms in total. The highest BCUT2D eigenvalue weighted by Crippen LogP contribution is 2.30. The maximum Gasteiger partial charge on any atom is 0.204 e. The molecule has 0 aromatic heterocycles. The maximum atomic E-state index is 13.8. The molecule has 0 heterocycles. The Hall–Kier alpha value is -1.32. The third-order valence-electron chi connectivity index (χ3n) is 3.47. The molecular formula is C15H20F2O2. The normalized spacial score (nSPS) is 15.1. The summed E-state index contributed by atoms with van der Waals surface area (Å²) < 4.78 is 38.0. The van der Waals surface area contributed by atoms with E-state index in [1.165, 1.54) is 18.6 Å². The van der Waals surface area contributed by atoms with E-state index >= 15 is 0 Å². The lowest BCUT2D eigenvalue weighted by Crippen LogP contribution is -2.19. The largest absolute Gasteiger partial charge is 0.490 e. The summed E-state index contributed by atoms with van der Waals surface area (Å²) >= 11 is 0. The van der Waals surface area contributed by atoms with Crippen molar-refractivity contribution >= 4 is 0 Å². The van der Waals surface area contributed by atoms with Gasteiger partial charge in [-0.2, -0.15) is 8.78 Å². The lowest BCUT2D eigenvalue weighted by molar-refractivity contribution is 0.173. The van der Waals surface area contributed by atoms with Gasteiger partial charge >= 0.3 is 0 Å². The SMILES string of the molecule is CCCCOc1ccc(OCC2CCC2)c(F)c1F. The highest BCUT2D eigenvalue weighted by Gasteiger charge is 2.20. The molecule has 0 saturated heterocycles. The average molecular weight is 270 g/mol. The van der Waals surface area contributed by atoms with Crippen molar-refractivity contribution in [2.75, 3.05) is 13.2 Å². The third-order valence-corrected chi connectivity index (χ3v) is 3.47. The first-order chi connectivity index (χ1) is 9.22. The molecule has 1 aromatic rings. The Morgan fingerprint density at radius 3 is 2.26 bits per heavy atom. The monoisotopic (exact) mass is 270 g/mol. The molecule has 1 fully saturated rings. The predicted molar refractivity (Wildman–Crippen MR) is 69.6 cm³/mol. The summed E-state index contributed by atoms with van der Waals surface area (Å²) in [6, 6.07) is 2.88. The Balaban J connectivity index is 1.95. The predicted octanol–water partition coefficient (Wildman–Crippen LogP) is 4.32. The van der Waals surface area contributed by atoms with Crippen LogP contribution in [0.25, 0.3) is 0 Å². The molecule has 4 heteroatoms. The molecule has 0 N–H and O–H groups in total. The Kier molecular flexibility index (Phi) is 5.00. The van der Waals surface area contributed by atoms with E-state index in [2.05, 4.69) is 0 Å². The van der Waals surface area contributed by atoms with Gasteiger partial charge in [-0.1, -0.05) is 19.8 Å². The molecule has 0 radical (unpaired) electrons. The van der Waals surface area contributed by atoms with Crippen LogP contribution in [-0.2, 0) is 0 Å². The van der Waals surface area contributed by atoms with Crippen LogP contribution in [0.5, 0.6) is 11.5 Å². The minimum atomic E-state index is -0.956. The van der Waals surface area contributed by atoms with Crippen LogP contribution in [0.2, 0.25) is 0 Å². The first-order valence-electron chi connectivity index (χ1n) is 6.96. The Labute approximate surface area is 112 Å². The quantitative estimate of drug-likeness (QED) is 0.687. The fraction of sp³-hybridized carbons (Fsp3) is 0.600. The fourth-order valence-electron chi connectivity index (χ4n) is 1.93. The van der Waals surface area contributed by atoms with E-state index in [0.29, 0.717) is 19.1 Å². The lowest BCUT2D eigenvalue weighted by atomic mass is 9.86. The second-order valence-electron chi connectivity index (χ2n) is 5.00. The third kappa shape index (κ3) is 3.58. The number of hydrogen-bond donors (Lipinski definition) is 0. The maximum absolute atomic E-state index is 13.8. The molecule has 2 rings (SSSR count). The van der Waals surface area contributed by atoms with Gasteiger partial charge in [0.2, 0.25) is 11.6 Å². The molecule has 0 atom stereocenters. The second kappa shape index (κ2) is 6.73. The highest BCUT2D eigenvalue weighted by atomic mass is 19.2. The van der Waals surface area contributed by atoms with E-state index in [1.807, 2.05) is 6.92 Å². The van der Waals surface area contributed by atoms with E-state index in [-0.39, 0.29) is 11.5 Å². The van der Waals surface area contributed by atoms with E-state index in [1.54, 1.807) is 0 Å². The van der Waals surface area contributed by atoms with E-state index in [9.17, 15) is 8.78 Å². The molecule has 1 aromatic carbocycles. The van der Waals surface area contributed by atoms with E-state index in [0.717, 1.165) is 25.7 Å². The Bertz CT molecular complexity index is 417. The summed E-state index contributed by atoms with van der Waals surface area (Å²) in [4.78, 5) is 0. The number of benzene rings is 1. The molecule has 19 heavy (non-hydrogen) atoms. The topological polar surface area (TPSA) is 18.5 Å². The van der Waals surface area contributed by atoms with Crippen LogP contribution < -0.4 is 9.47 Å². The zero-order valence-corrected chi connectivity index (χ0v) is 11.3. The number of ether oxygens (including phenoxy) is 2. The van der Waals surface area contributed by atoms with Crippen LogP contribution in [0.15, 0.2) is 12.1 Å². The summed E-state index contributed by atoms with van der Waals surface area (Å²) in [7, 11) is 0. The van der Waals surface area contributed by atoms with Crippen LogP contribution in [0, 0.1) is 17.6 Å². The molecule has 106 valence electrons. The van der Waals surface area contributed by atoms with Crippen molar-refractivity contribution in [3.63, 3.8) is 0 Å². The van der Waals surface area contributed by atoms with Gasteiger partial charge in [-0.05, 0) is 37.3 Å². The molecule has 0 spiro atoms. The number of rotatable bonds is 7. The van der Waals surface area contributed by atoms with Crippen molar-refractivity contribution in [1.29, 1.82) is 0 Å². The molecule has 0 unspecified atom stereocenters. The standard InChI is InChI=1S/C15H20F2O2/c1-2-3-9-18-12-7-8-13(15(17)14(12)16)19-10-11-5-4-6-11/h7-8,11H,2-6,9-10H2,1H3. The van der Waals surface area contributed by atoms with Crippen molar-refractivity contribution in [1.82, 2.24) is 0 Å². The molecule has 1 aliphatic rings. The van der Waals surface area contributed by atoms with Crippen LogP contribution >= 0.6 is 0 Å². The number of hydrogen-bond acceptors (Lipinski definition) is 2. The molecule has 1 saturated carbocycles. The van der Waals surface area contributed by atoms with Crippen molar-refractivity contribution in [3.05, 3.63) is 23.8 Å². The highest BCUT2D eigenvalue weighted by molar-refractivity contribution is 5.35. The van der Waals surface area contributed by atoms with Crippen LogP contribution in [0.3, 0.4) is 0 Å².